The molecule has 2 nitrogen and oxygen atoms in total. The Morgan fingerprint density at radius 1 is 1.24 bits per heavy atom. The Balaban J connectivity index is 1.92. The maximum absolute atomic E-state index is 6.34. The van der Waals surface area contributed by atoms with Crippen LogP contribution in [0, 0.1) is 5.92 Å². The first-order chi connectivity index (χ1) is 8.34. The molecule has 1 aliphatic rings. The summed E-state index contributed by atoms with van der Waals surface area (Å²) in [6.07, 6.45) is 7.09. The highest BCUT2D eigenvalue weighted by molar-refractivity contribution is 5.82. The molecule has 88 valence electrons. The SMILES string of the molecule is NC(CC1CCC1)c1ccnc2ccccc12. The Hall–Kier alpha value is -1.41. The van der Waals surface area contributed by atoms with Crippen LogP contribution in [0.2, 0.25) is 0 Å². The molecule has 1 atom stereocenters. The second kappa shape index (κ2) is 4.46. The van der Waals surface area contributed by atoms with E-state index in [0.29, 0.717) is 0 Å². The maximum atomic E-state index is 6.34. The third-order valence-corrected chi connectivity index (χ3v) is 3.89. The second-order valence-electron chi connectivity index (χ2n) is 5.06. The van der Waals surface area contributed by atoms with E-state index in [-0.39, 0.29) is 6.04 Å². The van der Waals surface area contributed by atoms with Crippen molar-refractivity contribution in [1.29, 1.82) is 0 Å². The summed E-state index contributed by atoms with van der Waals surface area (Å²) in [6, 6.07) is 10.5. The molecule has 1 saturated carbocycles. The molecule has 0 radical (unpaired) electrons. The van der Waals surface area contributed by atoms with Gasteiger partial charge in [-0.2, -0.15) is 0 Å². The van der Waals surface area contributed by atoms with E-state index in [9.17, 15) is 0 Å². The first-order valence-corrected chi connectivity index (χ1v) is 6.44. The van der Waals surface area contributed by atoms with E-state index in [1.165, 1.54) is 30.2 Å². The van der Waals surface area contributed by atoms with Gasteiger partial charge < -0.3 is 5.73 Å². The number of hydrogen-bond donors (Lipinski definition) is 1. The largest absolute Gasteiger partial charge is 0.324 e. The molecule has 2 heteroatoms. The van der Waals surface area contributed by atoms with Crippen LogP contribution in [0.15, 0.2) is 36.5 Å². The predicted molar refractivity (Wildman–Crippen MR) is 70.6 cm³/mol. The summed E-state index contributed by atoms with van der Waals surface area (Å²) >= 11 is 0. The van der Waals surface area contributed by atoms with Crippen molar-refractivity contribution >= 4 is 10.9 Å². The first-order valence-electron chi connectivity index (χ1n) is 6.44. The lowest BCUT2D eigenvalue weighted by Crippen LogP contribution is -2.20. The number of rotatable bonds is 3. The fraction of sp³-hybridized carbons (Fsp3) is 0.400. The predicted octanol–water partition coefficient (Wildman–Crippen LogP) is 3.42. The van der Waals surface area contributed by atoms with Crippen LogP contribution in [-0.4, -0.2) is 4.98 Å². The van der Waals surface area contributed by atoms with E-state index in [0.717, 1.165) is 17.9 Å². The molecular weight excluding hydrogens is 208 g/mol. The number of nitrogens with zero attached hydrogens (tertiary/aromatic N) is 1. The molecule has 1 aromatic carbocycles. The van der Waals surface area contributed by atoms with E-state index >= 15 is 0 Å². The third-order valence-electron chi connectivity index (χ3n) is 3.89. The van der Waals surface area contributed by atoms with Crippen molar-refractivity contribution in [3.63, 3.8) is 0 Å². The summed E-state index contributed by atoms with van der Waals surface area (Å²) in [5.74, 6) is 0.844. The zero-order valence-electron chi connectivity index (χ0n) is 9.97. The lowest BCUT2D eigenvalue weighted by Gasteiger charge is -2.28. The molecule has 1 aliphatic carbocycles. The number of fused-ring (bicyclic) bond motifs is 1. The van der Waals surface area contributed by atoms with Gasteiger partial charge in [0.2, 0.25) is 0 Å². The number of hydrogen-bond acceptors (Lipinski definition) is 2. The quantitative estimate of drug-likeness (QED) is 0.870. The smallest absolute Gasteiger partial charge is 0.0705 e. The fourth-order valence-electron chi connectivity index (χ4n) is 2.66. The molecule has 17 heavy (non-hydrogen) atoms. The molecule has 0 aliphatic heterocycles. The van der Waals surface area contributed by atoms with Crippen molar-refractivity contribution in [2.45, 2.75) is 31.7 Å². The van der Waals surface area contributed by atoms with Crippen molar-refractivity contribution in [2.75, 3.05) is 0 Å². The topological polar surface area (TPSA) is 38.9 Å². The van der Waals surface area contributed by atoms with Gasteiger partial charge >= 0.3 is 0 Å². The average Bonchev–Trinajstić information content (AvgIpc) is 2.33. The van der Waals surface area contributed by atoms with Gasteiger partial charge in [-0.1, -0.05) is 37.5 Å². The van der Waals surface area contributed by atoms with Gasteiger partial charge in [-0.15, -0.1) is 0 Å². The standard InChI is InChI=1S/C15H18N2/c16-14(10-11-4-3-5-11)12-8-9-17-15-7-2-1-6-13(12)15/h1-2,6-9,11,14H,3-5,10,16H2. The van der Waals surface area contributed by atoms with Gasteiger partial charge in [-0.3, -0.25) is 4.98 Å². The first kappa shape index (κ1) is 10.7. The van der Waals surface area contributed by atoms with E-state index in [1.54, 1.807) is 0 Å². The summed E-state index contributed by atoms with van der Waals surface area (Å²) in [7, 11) is 0. The van der Waals surface area contributed by atoms with Gasteiger partial charge in [-0.25, -0.2) is 0 Å². The zero-order valence-corrected chi connectivity index (χ0v) is 9.97. The number of aromatic nitrogens is 1. The molecule has 3 rings (SSSR count). The van der Waals surface area contributed by atoms with Crippen LogP contribution in [0.5, 0.6) is 0 Å². The van der Waals surface area contributed by atoms with Crippen molar-refractivity contribution in [2.24, 2.45) is 11.7 Å². The van der Waals surface area contributed by atoms with Crippen molar-refractivity contribution in [3.05, 3.63) is 42.1 Å². The number of pyridine rings is 1. The van der Waals surface area contributed by atoms with Crippen molar-refractivity contribution in [3.8, 4) is 0 Å². The normalized spacial score (nSPS) is 17.9. The van der Waals surface area contributed by atoms with Crippen LogP contribution in [0.25, 0.3) is 10.9 Å². The molecule has 2 aromatic rings. The van der Waals surface area contributed by atoms with Crippen LogP contribution in [0.4, 0.5) is 0 Å². The zero-order chi connectivity index (χ0) is 11.7. The molecule has 1 aromatic heterocycles. The molecule has 0 spiro atoms. The number of benzene rings is 1. The van der Waals surface area contributed by atoms with E-state index < -0.39 is 0 Å². The highest BCUT2D eigenvalue weighted by Crippen LogP contribution is 2.35. The molecular formula is C15H18N2. The molecule has 2 N–H and O–H groups in total. The van der Waals surface area contributed by atoms with Crippen LogP contribution in [0.3, 0.4) is 0 Å². The molecule has 1 fully saturated rings. The van der Waals surface area contributed by atoms with Gasteiger partial charge in [0, 0.05) is 17.6 Å². The summed E-state index contributed by atoms with van der Waals surface area (Å²) < 4.78 is 0. The second-order valence-corrected chi connectivity index (χ2v) is 5.06. The molecule has 0 bridgehead atoms. The number of nitrogens with two attached hydrogens (primary N) is 1. The van der Waals surface area contributed by atoms with Gasteiger partial charge in [0.15, 0.2) is 0 Å². The fourth-order valence-corrected chi connectivity index (χ4v) is 2.66. The minimum Gasteiger partial charge on any atom is -0.324 e. The van der Waals surface area contributed by atoms with E-state index in [4.69, 9.17) is 5.73 Å². The third kappa shape index (κ3) is 2.05. The van der Waals surface area contributed by atoms with Gasteiger partial charge in [0.05, 0.1) is 5.52 Å². The number of para-hydroxylation sites is 1. The Morgan fingerprint density at radius 2 is 2.06 bits per heavy atom. The van der Waals surface area contributed by atoms with Crippen molar-refractivity contribution in [1.82, 2.24) is 4.98 Å². The van der Waals surface area contributed by atoms with Gasteiger partial charge in [0.1, 0.15) is 0 Å². The van der Waals surface area contributed by atoms with E-state index in [2.05, 4.69) is 29.2 Å². The Morgan fingerprint density at radius 3 is 2.82 bits per heavy atom. The van der Waals surface area contributed by atoms with Crippen LogP contribution in [0.1, 0.15) is 37.3 Å². The molecule has 1 heterocycles. The van der Waals surface area contributed by atoms with Gasteiger partial charge in [-0.05, 0) is 30.0 Å². The molecule has 0 amide bonds. The summed E-state index contributed by atoms with van der Waals surface area (Å²) in [4.78, 5) is 4.38. The summed E-state index contributed by atoms with van der Waals surface area (Å²) in [5.41, 5.74) is 8.65. The Labute approximate surface area is 102 Å². The summed E-state index contributed by atoms with van der Waals surface area (Å²) in [5, 5.41) is 1.21. The summed E-state index contributed by atoms with van der Waals surface area (Å²) in [6.45, 7) is 0. The lowest BCUT2D eigenvalue weighted by atomic mass is 9.79. The Kier molecular flexibility index (Phi) is 2.81. The molecule has 0 saturated heterocycles. The highest BCUT2D eigenvalue weighted by Gasteiger charge is 2.21. The van der Waals surface area contributed by atoms with E-state index in [1.807, 2.05) is 12.3 Å². The monoisotopic (exact) mass is 226 g/mol. The van der Waals surface area contributed by atoms with Crippen LogP contribution >= 0.6 is 0 Å². The lowest BCUT2D eigenvalue weighted by molar-refractivity contribution is 0.278. The minimum atomic E-state index is 0.160. The highest BCUT2D eigenvalue weighted by atomic mass is 14.7. The average molecular weight is 226 g/mol. The molecule has 1 unspecified atom stereocenters. The van der Waals surface area contributed by atoms with Crippen LogP contribution in [-0.2, 0) is 0 Å². The minimum absolute atomic E-state index is 0.160. The van der Waals surface area contributed by atoms with Gasteiger partial charge in [0.25, 0.3) is 0 Å². The Bertz CT molecular complexity index is 512. The van der Waals surface area contributed by atoms with Crippen molar-refractivity contribution < 1.29 is 0 Å². The van der Waals surface area contributed by atoms with Crippen LogP contribution < -0.4 is 5.73 Å². The maximum Gasteiger partial charge on any atom is 0.0705 e.